The van der Waals surface area contributed by atoms with Crippen LogP contribution in [-0.4, -0.2) is 6.61 Å². The van der Waals surface area contributed by atoms with Gasteiger partial charge in [-0.3, -0.25) is 0 Å². The first kappa shape index (κ1) is 11.2. The Morgan fingerprint density at radius 1 is 1.00 bits per heavy atom. The van der Waals surface area contributed by atoms with Crippen LogP contribution in [0.25, 0.3) is 0 Å². The van der Waals surface area contributed by atoms with Crippen molar-refractivity contribution in [3.8, 4) is 0 Å². The van der Waals surface area contributed by atoms with Crippen molar-refractivity contribution in [1.29, 1.82) is 0 Å². The van der Waals surface area contributed by atoms with Crippen LogP contribution in [0.5, 0.6) is 0 Å². The van der Waals surface area contributed by atoms with Crippen molar-refractivity contribution >= 4 is 0 Å². The Hall–Kier alpha value is 1.15. The van der Waals surface area contributed by atoms with Gasteiger partial charge in [0.05, 0.1) is 0 Å². The van der Waals surface area contributed by atoms with E-state index in [1.807, 2.05) is 0 Å². The van der Waals surface area contributed by atoms with Gasteiger partial charge >= 0.3 is 88.0 Å². The Balaban J connectivity index is 2.65. The third kappa shape index (κ3) is 9.15. The molecule has 0 aromatic heterocycles. The zero-order valence-electron chi connectivity index (χ0n) is 6.94. The number of hydrogen-bond donors (Lipinski definition) is 0. The first-order chi connectivity index (χ1) is 4.91. The normalized spacial score (nSPS) is 10.0. The average Bonchev–Trinajstić information content (AvgIpc) is 1.97. The third-order valence-corrected chi connectivity index (χ3v) is 2.36. The van der Waals surface area contributed by atoms with E-state index in [2.05, 4.69) is 6.92 Å². The van der Waals surface area contributed by atoms with Gasteiger partial charge in [-0.15, -0.1) is 0 Å². The molecule has 0 aromatic rings. The Morgan fingerprint density at radius 2 is 1.60 bits per heavy atom. The fourth-order valence-corrected chi connectivity index (χ4v) is 1.49. The summed E-state index contributed by atoms with van der Waals surface area (Å²) in [6.45, 7) is 3.26. The average molecular weight is 268 g/mol. The molecule has 0 rings (SSSR count). The summed E-state index contributed by atoms with van der Waals surface area (Å²) < 4.78 is 5.12. The van der Waals surface area contributed by atoms with E-state index < -0.39 is 0 Å². The van der Waals surface area contributed by atoms with Gasteiger partial charge in [0, 0.05) is 0 Å². The van der Waals surface area contributed by atoms with Gasteiger partial charge in [-0.1, -0.05) is 0 Å². The third-order valence-electron chi connectivity index (χ3n) is 1.62. The Bertz CT molecular complexity index is 49.2. The summed E-state index contributed by atoms with van der Waals surface area (Å²) in [6, 6.07) is 0. The van der Waals surface area contributed by atoms with E-state index in [-0.39, 0.29) is 0 Å². The molecule has 58 valence electrons. The van der Waals surface area contributed by atoms with Gasteiger partial charge in [-0.25, -0.2) is 0 Å². The van der Waals surface area contributed by atoms with Crippen molar-refractivity contribution in [2.24, 2.45) is 0 Å². The summed E-state index contributed by atoms with van der Waals surface area (Å²) >= 11 is 0.737. The molecule has 0 aliphatic carbocycles. The van der Waals surface area contributed by atoms with E-state index in [1.165, 1.54) is 38.5 Å². The van der Waals surface area contributed by atoms with Gasteiger partial charge in [-0.05, 0) is 0 Å². The second kappa shape index (κ2) is 10.2. The predicted molar refractivity (Wildman–Crippen MR) is 39.3 cm³/mol. The van der Waals surface area contributed by atoms with Crippen LogP contribution < -0.4 is 0 Å². The quantitative estimate of drug-likeness (QED) is 0.645. The van der Waals surface area contributed by atoms with Crippen LogP contribution in [0.15, 0.2) is 0 Å². The number of rotatable bonds is 7. The fraction of sp³-hybridized carbons (Fsp3) is 1.00. The van der Waals surface area contributed by atoms with E-state index in [0.717, 1.165) is 40.9 Å². The van der Waals surface area contributed by atoms with Gasteiger partial charge in [0.15, 0.2) is 0 Å². The molecule has 0 atom stereocenters. The van der Waals surface area contributed by atoms with Crippen molar-refractivity contribution < 1.29 is 36.0 Å². The molecule has 0 spiro atoms. The zero-order chi connectivity index (χ0) is 7.66. The van der Waals surface area contributed by atoms with Crippen LogP contribution in [0.1, 0.15) is 45.4 Å². The van der Waals surface area contributed by atoms with Crippen LogP contribution in [0.2, 0.25) is 0 Å². The molecular weight excluding hydrogens is 251 g/mol. The monoisotopic (exact) mass is 268 g/mol. The number of hydrogen-bond acceptors (Lipinski definition) is 1. The summed E-state index contributed by atoms with van der Waals surface area (Å²) in [5.74, 6) is 0. The molecule has 0 amide bonds. The predicted octanol–water partition coefficient (Wildman–Crippen LogP) is 2.83. The molecule has 0 bridgehead atoms. The summed E-state index contributed by atoms with van der Waals surface area (Å²) in [5.41, 5.74) is 0. The van der Waals surface area contributed by atoms with E-state index in [9.17, 15) is 0 Å². The molecule has 0 unspecified atom stereocenters. The summed E-state index contributed by atoms with van der Waals surface area (Å²) in [5, 5.41) is 0. The van der Waals surface area contributed by atoms with Crippen LogP contribution >= 0.6 is 0 Å². The molecule has 0 saturated heterocycles. The topological polar surface area (TPSA) is 9.23 Å². The first-order valence-electron chi connectivity index (χ1n) is 4.23. The van der Waals surface area contributed by atoms with Crippen molar-refractivity contribution in [3.63, 3.8) is 0 Å². The van der Waals surface area contributed by atoms with Crippen molar-refractivity contribution in [3.05, 3.63) is 0 Å². The van der Waals surface area contributed by atoms with E-state index in [1.54, 1.807) is 0 Å². The first-order valence-corrected chi connectivity index (χ1v) is 5.71. The minimum atomic E-state index is 0.737. The molecule has 1 nitrogen and oxygen atoms in total. The van der Waals surface area contributed by atoms with Gasteiger partial charge in [0.2, 0.25) is 0 Å². The SMILES string of the molecule is CCCCCCCC[O][La]. The van der Waals surface area contributed by atoms with Gasteiger partial charge in [0.25, 0.3) is 0 Å². The fourth-order valence-electron chi connectivity index (χ4n) is 0.966. The van der Waals surface area contributed by atoms with E-state index in [4.69, 9.17) is 1.70 Å². The summed E-state index contributed by atoms with van der Waals surface area (Å²) in [7, 11) is 0. The Labute approximate surface area is 87.5 Å². The Morgan fingerprint density at radius 3 is 2.20 bits per heavy atom. The molecule has 0 N–H and O–H groups in total. The molecule has 0 aliphatic rings. The van der Waals surface area contributed by atoms with Gasteiger partial charge in [0.1, 0.15) is 0 Å². The van der Waals surface area contributed by atoms with Crippen LogP contribution in [-0.2, 0) is 1.70 Å². The molecule has 0 aromatic carbocycles. The molecule has 0 radical (unpaired) electrons. The maximum atomic E-state index is 5.12. The van der Waals surface area contributed by atoms with Crippen molar-refractivity contribution in [2.75, 3.05) is 6.61 Å². The number of unbranched alkanes of at least 4 members (excludes halogenated alkanes) is 5. The second-order valence-corrected chi connectivity index (χ2v) is 3.69. The molecule has 10 heavy (non-hydrogen) atoms. The Kier molecular flexibility index (Phi) is 11.3. The van der Waals surface area contributed by atoms with Crippen LogP contribution in [0, 0.1) is 34.3 Å². The molecule has 0 saturated carbocycles. The summed E-state index contributed by atoms with van der Waals surface area (Å²) in [6.07, 6.45) is 8.22. The van der Waals surface area contributed by atoms with Crippen LogP contribution in [0.4, 0.5) is 0 Å². The van der Waals surface area contributed by atoms with Crippen molar-refractivity contribution in [1.82, 2.24) is 0 Å². The van der Waals surface area contributed by atoms with Crippen molar-refractivity contribution in [2.45, 2.75) is 45.4 Å². The molecular formula is C8H17LaO. The van der Waals surface area contributed by atoms with E-state index >= 15 is 0 Å². The maximum absolute atomic E-state index is 5.12. The minimum absolute atomic E-state index is 0.737. The zero-order valence-corrected chi connectivity index (χ0v) is 10.6. The second-order valence-electron chi connectivity index (χ2n) is 2.64. The molecule has 0 fully saturated rings. The molecule has 2 heteroatoms. The molecule has 0 aliphatic heterocycles. The van der Waals surface area contributed by atoms with Gasteiger partial charge in [-0.2, -0.15) is 0 Å². The van der Waals surface area contributed by atoms with Gasteiger partial charge < -0.3 is 0 Å². The van der Waals surface area contributed by atoms with Crippen LogP contribution in [0.3, 0.4) is 0 Å². The summed E-state index contributed by atoms with van der Waals surface area (Å²) in [4.78, 5) is 0. The standard InChI is InChI=1S/C8H17O.La/c1-2-3-4-5-6-7-8-9;/h2-8H2,1H3;/q-1;+1. The molecule has 0 heterocycles. The van der Waals surface area contributed by atoms with E-state index in [0.29, 0.717) is 0 Å².